The fraction of sp³-hybridized carbons (Fsp3) is 1.00. The summed E-state index contributed by atoms with van der Waals surface area (Å²) in [4.78, 5) is 0. The summed E-state index contributed by atoms with van der Waals surface area (Å²) in [5.74, 6) is 0. The number of nitrogens with one attached hydrogen (secondary N) is 1. The highest BCUT2D eigenvalue weighted by Gasteiger charge is 2.16. The average Bonchev–Trinajstić information content (AvgIpc) is 1.97. The minimum absolute atomic E-state index is 0.0438. The molecule has 0 aromatic carbocycles. The van der Waals surface area contributed by atoms with Crippen LogP contribution >= 0.6 is 0 Å². The first-order valence-electron chi connectivity index (χ1n) is 5.03. The van der Waals surface area contributed by atoms with Crippen molar-refractivity contribution < 1.29 is 4.74 Å². The van der Waals surface area contributed by atoms with E-state index in [0.29, 0.717) is 5.41 Å². The van der Waals surface area contributed by atoms with Gasteiger partial charge >= 0.3 is 0 Å². The monoisotopic (exact) mass is 187 g/mol. The van der Waals surface area contributed by atoms with E-state index in [0.717, 1.165) is 13.1 Å². The minimum atomic E-state index is -0.0438. The van der Waals surface area contributed by atoms with Gasteiger partial charge in [-0.1, -0.05) is 20.8 Å². The Bertz CT molecular complexity index is 136. The van der Waals surface area contributed by atoms with E-state index in [-0.39, 0.29) is 5.60 Å². The summed E-state index contributed by atoms with van der Waals surface area (Å²) in [5, 5.41) is 3.41. The van der Waals surface area contributed by atoms with Crippen LogP contribution in [0.4, 0.5) is 0 Å². The molecule has 0 amide bonds. The number of methoxy groups -OCH3 is 1. The maximum absolute atomic E-state index is 5.31. The Kier molecular flexibility index (Phi) is 4.93. The largest absolute Gasteiger partial charge is 0.377 e. The highest BCUT2D eigenvalue weighted by atomic mass is 16.5. The van der Waals surface area contributed by atoms with Gasteiger partial charge in [0.25, 0.3) is 0 Å². The van der Waals surface area contributed by atoms with Crippen molar-refractivity contribution >= 4 is 0 Å². The fourth-order valence-corrected chi connectivity index (χ4v) is 0.925. The molecule has 0 bridgehead atoms. The third-order valence-corrected chi connectivity index (χ3v) is 2.16. The van der Waals surface area contributed by atoms with Crippen molar-refractivity contribution in [2.75, 3.05) is 20.2 Å². The smallest absolute Gasteiger partial charge is 0.0746 e. The van der Waals surface area contributed by atoms with Gasteiger partial charge in [0.1, 0.15) is 0 Å². The van der Waals surface area contributed by atoms with E-state index in [1.54, 1.807) is 7.11 Å². The van der Waals surface area contributed by atoms with E-state index >= 15 is 0 Å². The van der Waals surface area contributed by atoms with Crippen LogP contribution < -0.4 is 5.32 Å². The van der Waals surface area contributed by atoms with E-state index in [2.05, 4.69) is 39.9 Å². The van der Waals surface area contributed by atoms with E-state index in [4.69, 9.17) is 4.74 Å². The lowest BCUT2D eigenvalue weighted by Crippen LogP contribution is -2.37. The molecule has 0 aromatic heterocycles. The van der Waals surface area contributed by atoms with Gasteiger partial charge in [-0.3, -0.25) is 0 Å². The van der Waals surface area contributed by atoms with Crippen molar-refractivity contribution in [1.82, 2.24) is 5.32 Å². The Morgan fingerprint density at radius 1 is 1.08 bits per heavy atom. The average molecular weight is 187 g/mol. The van der Waals surface area contributed by atoms with E-state index in [9.17, 15) is 0 Å². The molecule has 0 fully saturated rings. The van der Waals surface area contributed by atoms with E-state index in [1.807, 2.05) is 0 Å². The van der Waals surface area contributed by atoms with Gasteiger partial charge in [0.15, 0.2) is 0 Å². The van der Waals surface area contributed by atoms with Crippen molar-refractivity contribution in [1.29, 1.82) is 0 Å². The summed E-state index contributed by atoms with van der Waals surface area (Å²) in [6.07, 6.45) is 1.20. The van der Waals surface area contributed by atoms with Gasteiger partial charge in [0.05, 0.1) is 5.60 Å². The van der Waals surface area contributed by atoms with Crippen molar-refractivity contribution in [3.63, 3.8) is 0 Å². The summed E-state index contributed by atoms with van der Waals surface area (Å²) in [6, 6.07) is 0. The van der Waals surface area contributed by atoms with E-state index in [1.165, 1.54) is 6.42 Å². The second-order valence-corrected chi connectivity index (χ2v) is 5.45. The molecule has 0 saturated heterocycles. The summed E-state index contributed by atoms with van der Waals surface area (Å²) in [7, 11) is 1.76. The van der Waals surface area contributed by atoms with Crippen LogP contribution in [0.25, 0.3) is 0 Å². The Morgan fingerprint density at radius 3 is 2.00 bits per heavy atom. The van der Waals surface area contributed by atoms with Gasteiger partial charge in [-0.25, -0.2) is 0 Å². The molecule has 0 heterocycles. The van der Waals surface area contributed by atoms with Crippen LogP contribution in [0.2, 0.25) is 0 Å². The van der Waals surface area contributed by atoms with Crippen LogP contribution in [0.15, 0.2) is 0 Å². The quantitative estimate of drug-likeness (QED) is 0.667. The summed E-state index contributed by atoms with van der Waals surface area (Å²) in [6.45, 7) is 13.0. The predicted molar refractivity (Wildman–Crippen MR) is 58.0 cm³/mol. The Balaban J connectivity index is 3.47. The van der Waals surface area contributed by atoms with Gasteiger partial charge in [0, 0.05) is 13.7 Å². The molecule has 0 aliphatic rings. The first-order chi connectivity index (χ1) is 5.77. The lowest BCUT2D eigenvalue weighted by molar-refractivity contribution is 0.0230. The molecule has 0 radical (unpaired) electrons. The van der Waals surface area contributed by atoms with Crippen LogP contribution in [0, 0.1) is 5.41 Å². The molecular formula is C11H25NO. The van der Waals surface area contributed by atoms with Gasteiger partial charge in [-0.05, 0) is 32.2 Å². The van der Waals surface area contributed by atoms with Crippen molar-refractivity contribution in [2.24, 2.45) is 5.41 Å². The van der Waals surface area contributed by atoms with Gasteiger partial charge < -0.3 is 10.1 Å². The zero-order valence-corrected chi connectivity index (χ0v) is 10.0. The number of hydrogen-bond donors (Lipinski definition) is 1. The second kappa shape index (κ2) is 4.97. The molecule has 0 atom stereocenters. The molecule has 2 heteroatoms. The third-order valence-electron chi connectivity index (χ3n) is 2.16. The summed E-state index contributed by atoms with van der Waals surface area (Å²) >= 11 is 0. The molecule has 0 aliphatic carbocycles. The van der Waals surface area contributed by atoms with Crippen LogP contribution in [0.1, 0.15) is 41.0 Å². The second-order valence-electron chi connectivity index (χ2n) is 5.45. The molecular weight excluding hydrogens is 162 g/mol. The molecule has 0 aliphatic heterocycles. The Morgan fingerprint density at radius 2 is 1.62 bits per heavy atom. The maximum Gasteiger partial charge on any atom is 0.0746 e. The number of hydrogen-bond acceptors (Lipinski definition) is 2. The third kappa shape index (κ3) is 8.26. The van der Waals surface area contributed by atoms with Gasteiger partial charge in [-0.2, -0.15) is 0 Å². The number of ether oxygens (including phenoxy) is 1. The summed E-state index contributed by atoms with van der Waals surface area (Å²) < 4.78 is 5.31. The van der Waals surface area contributed by atoms with Crippen molar-refractivity contribution in [2.45, 2.75) is 46.6 Å². The molecule has 0 aromatic rings. The fourth-order valence-electron chi connectivity index (χ4n) is 0.925. The maximum atomic E-state index is 5.31. The molecule has 0 rings (SSSR count). The van der Waals surface area contributed by atoms with Crippen LogP contribution in [-0.2, 0) is 4.74 Å². The molecule has 2 nitrogen and oxygen atoms in total. The topological polar surface area (TPSA) is 21.3 Å². The standard InChI is InChI=1S/C11H25NO/c1-10(2,3)7-8-12-9-11(4,5)13-6/h12H,7-9H2,1-6H3. The molecule has 13 heavy (non-hydrogen) atoms. The Hall–Kier alpha value is -0.0800. The van der Waals surface area contributed by atoms with Crippen LogP contribution in [0.3, 0.4) is 0 Å². The lowest BCUT2D eigenvalue weighted by atomic mass is 9.92. The molecule has 0 saturated carbocycles. The highest BCUT2D eigenvalue weighted by Crippen LogP contribution is 2.17. The van der Waals surface area contributed by atoms with Crippen LogP contribution in [0.5, 0.6) is 0 Å². The van der Waals surface area contributed by atoms with Crippen LogP contribution in [-0.4, -0.2) is 25.8 Å². The SMILES string of the molecule is COC(C)(C)CNCCC(C)(C)C. The van der Waals surface area contributed by atoms with Gasteiger partial charge in [0.2, 0.25) is 0 Å². The zero-order chi connectivity index (χ0) is 10.5. The number of rotatable bonds is 5. The Labute approximate surface area is 83.1 Å². The van der Waals surface area contributed by atoms with Crippen molar-refractivity contribution in [3.05, 3.63) is 0 Å². The molecule has 0 unspecified atom stereocenters. The summed E-state index contributed by atoms with van der Waals surface area (Å²) in [5.41, 5.74) is 0.377. The lowest BCUT2D eigenvalue weighted by Gasteiger charge is -2.25. The minimum Gasteiger partial charge on any atom is -0.377 e. The highest BCUT2D eigenvalue weighted by molar-refractivity contribution is 4.72. The molecule has 80 valence electrons. The first-order valence-corrected chi connectivity index (χ1v) is 5.03. The van der Waals surface area contributed by atoms with Crippen molar-refractivity contribution in [3.8, 4) is 0 Å². The normalized spacial score (nSPS) is 13.4. The predicted octanol–water partition coefficient (Wildman–Crippen LogP) is 2.44. The molecule has 1 N–H and O–H groups in total. The zero-order valence-electron chi connectivity index (χ0n) is 10.0. The molecule has 0 spiro atoms. The first kappa shape index (κ1) is 12.9. The van der Waals surface area contributed by atoms with Gasteiger partial charge in [-0.15, -0.1) is 0 Å². The van der Waals surface area contributed by atoms with E-state index < -0.39 is 0 Å².